The highest BCUT2D eigenvalue weighted by molar-refractivity contribution is 5.95. The van der Waals surface area contributed by atoms with Gasteiger partial charge in [0.25, 0.3) is 0 Å². The minimum Gasteiger partial charge on any atom is -0.481 e. The molecule has 1 aliphatic heterocycles. The lowest BCUT2D eigenvalue weighted by Crippen LogP contribution is -2.42. The van der Waals surface area contributed by atoms with Gasteiger partial charge in [0.05, 0.1) is 29.7 Å². The summed E-state index contributed by atoms with van der Waals surface area (Å²) in [7, 11) is 1.37. The molecule has 0 saturated heterocycles. The Bertz CT molecular complexity index is 1390. The molecule has 7 nitrogen and oxygen atoms in total. The van der Waals surface area contributed by atoms with Gasteiger partial charge in [-0.2, -0.15) is 0 Å². The number of fused-ring (bicyclic) bond motifs is 3. The topological polar surface area (TPSA) is 84.7 Å². The number of rotatable bonds is 5. The molecule has 3 aromatic rings. The second-order valence-electron chi connectivity index (χ2n) is 10.7. The maximum Gasteiger partial charge on any atom is 0.414 e. The fourth-order valence-corrected chi connectivity index (χ4v) is 6.26. The van der Waals surface area contributed by atoms with Crippen LogP contribution in [0.5, 0.6) is 0 Å². The summed E-state index contributed by atoms with van der Waals surface area (Å²) < 4.78 is 34.7. The lowest BCUT2D eigenvalue weighted by atomic mass is 9.85. The van der Waals surface area contributed by atoms with Crippen LogP contribution in [0.4, 0.5) is 19.3 Å². The van der Waals surface area contributed by atoms with Crippen LogP contribution in [0.2, 0.25) is 0 Å². The maximum atomic E-state index is 13.9. The van der Waals surface area contributed by atoms with Crippen molar-refractivity contribution in [3.8, 4) is 0 Å². The zero-order valence-corrected chi connectivity index (χ0v) is 21.9. The van der Waals surface area contributed by atoms with Crippen molar-refractivity contribution in [2.75, 3.05) is 12.0 Å². The van der Waals surface area contributed by atoms with E-state index in [1.54, 1.807) is 11.0 Å². The summed E-state index contributed by atoms with van der Waals surface area (Å²) >= 11 is 0. The Morgan fingerprint density at radius 1 is 1.16 bits per heavy atom. The quantitative estimate of drug-likeness (QED) is 0.418. The highest BCUT2D eigenvalue weighted by Crippen LogP contribution is 2.42. The number of aryl methyl sites for hydroxylation is 1. The van der Waals surface area contributed by atoms with Gasteiger partial charge in [0.2, 0.25) is 0 Å². The maximum absolute atomic E-state index is 13.9. The number of hydrogen-bond acceptors (Lipinski definition) is 4. The Morgan fingerprint density at radius 3 is 2.66 bits per heavy atom. The van der Waals surface area contributed by atoms with E-state index in [1.807, 2.05) is 26.0 Å². The Kier molecular flexibility index (Phi) is 7.11. The van der Waals surface area contributed by atoms with E-state index in [0.717, 1.165) is 59.9 Å². The predicted octanol–water partition coefficient (Wildman–Crippen LogP) is 6.38. The van der Waals surface area contributed by atoms with Crippen LogP contribution in [0, 0.1) is 17.6 Å². The van der Waals surface area contributed by atoms with E-state index >= 15 is 0 Å². The molecule has 1 fully saturated rings. The fourth-order valence-electron chi connectivity index (χ4n) is 6.26. The summed E-state index contributed by atoms with van der Waals surface area (Å²) in [4.78, 5) is 31.3. The molecular weight excluding hydrogens is 492 g/mol. The average molecular weight is 526 g/mol. The van der Waals surface area contributed by atoms with Crippen molar-refractivity contribution in [3.05, 3.63) is 58.9 Å². The van der Waals surface area contributed by atoms with Gasteiger partial charge in [-0.05, 0) is 75.3 Å². The molecular formula is C29H33F2N3O4. The molecule has 2 heterocycles. The van der Waals surface area contributed by atoms with Gasteiger partial charge in [0, 0.05) is 23.6 Å². The molecule has 38 heavy (non-hydrogen) atoms. The van der Waals surface area contributed by atoms with Crippen LogP contribution >= 0.6 is 0 Å². The highest BCUT2D eigenvalue weighted by Gasteiger charge is 2.35. The molecule has 0 bridgehead atoms. The van der Waals surface area contributed by atoms with Gasteiger partial charge >= 0.3 is 12.1 Å². The van der Waals surface area contributed by atoms with Crippen LogP contribution in [-0.2, 0) is 22.4 Å². The molecule has 1 saturated carbocycles. The van der Waals surface area contributed by atoms with Gasteiger partial charge in [0.15, 0.2) is 11.6 Å². The van der Waals surface area contributed by atoms with Crippen LogP contribution in [0.15, 0.2) is 30.3 Å². The molecule has 202 valence electrons. The minimum absolute atomic E-state index is 0.0177. The predicted molar refractivity (Wildman–Crippen MR) is 140 cm³/mol. The second-order valence-corrected chi connectivity index (χ2v) is 10.7. The van der Waals surface area contributed by atoms with Gasteiger partial charge in [0.1, 0.15) is 5.82 Å². The molecule has 1 aliphatic carbocycles. The normalized spacial score (nSPS) is 22.2. The first kappa shape index (κ1) is 26.1. The number of imidazole rings is 1. The number of carboxylic acids is 1. The van der Waals surface area contributed by atoms with E-state index in [1.165, 1.54) is 13.2 Å². The van der Waals surface area contributed by atoms with Crippen molar-refractivity contribution in [2.45, 2.75) is 76.8 Å². The Balaban J connectivity index is 1.63. The number of amides is 1. The van der Waals surface area contributed by atoms with Crippen LogP contribution < -0.4 is 4.90 Å². The number of aliphatic carboxylic acids is 1. The second kappa shape index (κ2) is 10.3. The monoisotopic (exact) mass is 525 g/mol. The molecule has 1 amide bonds. The number of carboxylic acid groups (broad SMARTS) is 1. The number of methoxy groups -OCH3 is 1. The summed E-state index contributed by atoms with van der Waals surface area (Å²) in [6.45, 7) is 4.00. The zero-order valence-electron chi connectivity index (χ0n) is 21.9. The number of aromatic nitrogens is 2. The number of benzene rings is 2. The van der Waals surface area contributed by atoms with Crippen molar-refractivity contribution in [2.24, 2.45) is 5.92 Å². The molecule has 1 N–H and O–H groups in total. The van der Waals surface area contributed by atoms with Crippen LogP contribution in [0.3, 0.4) is 0 Å². The van der Waals surface area contributed by atoms with Gasteiger partial charge in [-0.25, -0.2) is 18.6 Å². The van der Waals surface area contributed by atoms with Crippen molar-refractivity contribution in [1.29, 1.82) is 0 Å². The van der Waals surface area contributed by atoms with E-state index in [9.17, 15) is 23.5 Å². The summed E-state index contributed by atoms with van der Waals surface area (Å²) in [6.07, 6.45) is 4.34. The lowest BCUT2D eigenvalue weighted by Gasteiger charge is -2.34. The SMILES string of the molecule is COC(=O)N1c2ccc3c(nc(C(C)Cc4ccc(F)c(F)c4)n3[C@@H]3CCC[C@@H](C(=O)O)C3)c2CC[C@@H]1C. The molecule has 1 unspecified atom stereocenters. The highest BCUT2D eigenvalue weighted by atomic mass is 19.2. The van der Waals surface area contributed by atoms with Crippen LogP contribution in [0.1, 0.15) is 74.9 Å². The van der Waals surface area contributed by atoms with Gasteiger partial charge in [-0.3, -0.25) is 9.69 Å². The first-order valence-electron chi connectivity index (χ1n) is 13.3. The first-order valence-corrected chi connectivity index (χ1v) is 13.3. The molecule has 1 aromatic heterocycles. The smallest absolute Gasteiger partial charge is 0.414 e. The molecule has 5 rings (SSSR count). The fraction of sp³-hybridized carbons (Fsp3) is 0.483. The Labute approximate surface area is 220 Å². The van der Waals surface area contributed by atoms with Crippen molar-refractivity contribution in [3.63, 3.8) is 0 Å². The molecule has 0 spiro atoms. The third-order valence-corrected chi connectivity index (χ3v) is 8.18. The van der Waals surface area contributed by atoms with Crippen LogP contribution in [0.25, 0.3) is 11.0 Å². The van der Waals surface area contributed by atoms with Gasteiger partial charge < -0.3 is 14.4 Å². The molecule has 0 radical (unpaired) electrons. The van der Waals surface area contributed by atoms with Crippen molar-refractivity contribution < 1.29 is 28.2 Å². The van der Waals surface area contributed by atoms with E-state index in [-0.39, 0.29) is 18.0 Å². The van der Waals surface area contributed by atoms with Gasteiger partial charge in [-0.15, -0.1) is 0 Å². The molecule has 2 aliphatic rings. The molecule has 2 aromatic carbocycles. The number of carbonyl (C=O) groups is 2. The van der Waals surface area contributed by atoms with E-state index < -0.39 is 29.6 Å². The summed E-state index contributed by atoms with van der Waals surface area (Å²) in [5.74, 6) is -2.33. The minimum atomic E-state index is -0.883. The zero-order chi connectivity index (χ0) is 27.1. The van der Waals surface area contributed by atoms with E-state index in [4.69, 9.17) is 9.72 Å². The largest absolute Gasteiger partial charge is 0.481 e. The Hall–Kier alpha value is -3.49. The number of halogens is 2. The number of ether oxygens (including phenoxy) is 1. The molecule has 9 heteroatoms. The number of hydrogen-bond donors (Lipinski definition) is 1. The van der Waals surface area contributed by atoms with E-state index in [2.05, 4.69) is 4.57 Å². The van der Waals surface area contributed by atoms with Crippen LogP contribution in [-0.4, -0.2) is 39.9 Å². The average Bonchev–Trinajstić information content (AvgIpc) is 3.30. The third kappa shape index (κ3) is 4.63. The molecule has 4 atom stereocenters. The first-order chi connectivity index (χ1) is 18.2. The number of carbonyl (C=O) groups excluding carboxylic acids is 1. The standard InChI is InChI=1S/C29H33F2N3O4/c1-16(13-18-8-10-22(30)23(31)14-18)27-32-26-21-9-7-17(2)33(29(37)38-3)24(21)11-12-25(26)34(27)20-6-4-5-19(15-20)28(35)36/h8,10-12,14,16-17,19-20H,4-7,9,13,15H2,1-3H3,(H,35,36)/t16?,17-,19+,20+/m0/s1. The third-order valence-electron chi connectivity index (χ3n) is 8.18. The van der Waals surface area contributed by atoms with Gasteiger partial charge in [-0.1, -0.05) is 19.4 Å². The van der Waals surface area contributed by atoms with E-state index in [0.29, 0.717) is 24.8 Å². The number of nitrogens with zero attached hydrogens (tertiary/aromatic N) is 3. The summed E-state index contributed by atoms with van der Waals surface area (Å²) in [5, 5.41) is 9.74. The van der Waals surface area contributed by atoms with Crippen molar-refractivity contribution >= 4 is 28.8 Å². The van der Waals surface area contributed by atoms with Crippen molar-refractivity contribution in [1.82, 2.24) is 9.55 Å². The summed E-state index contributed by atoms with van der Waals surface area (Å²) in [6, 6.07) is 7.78. The lowest BCUT2D eigenvalue weighted by molar-refractivity contribution is -0.143. The summed E-state index contributed by atoms with van der Waals surface area (Å²) in [5.41, 5.74) is 4.12. The Morgan fingerprint density at radius 2 is 1.95 bits per heavy atom. The number of anilines is 1.